The Labute approximate surface area is 173 Å². The van der Waals surface area contributed by atoms with Crippen LogP contribution in [0.5, 0.6) is 5.75 Å². The number of rotatable bonds is 6. The first-order valence-electron chi connectivity index (χ1n) is 9.18. The van der Waals surface area contributed by atoms with Crippen LogP contribution in [0.4, 0.5) is 5.69 Å². The van der Waals surface area contributed by atoms with E-state index < -0.39 is 0 Å². The van der Waals surface area contributed by atoms with Gasteiger partial charge in [0.2, 0.25) is 0 Å². The minimum absolute atomic E-state index is 0.204. The van der Waals surface area contributed by atoms with Gasteiger partial charge in [-0.15, -0.1) is 11.3 Å². The second kappa shape index (κ2) is 7.93. The molecule has 0 bridgehead atoms. The van der Waals surface area contributed by atoms with Crippen LogP contribution in [-0.4, -0.2) is 23.8 Å². The summed E-state index contributed by atoms with van der Waals surface area (Å²) in [5, 5.41) is 5.07. The van der Waals surface area contributed by atoms with Crippen molar-refractivity contribution in [1.29, 1.82) is 0 Å². The Hall–Kier alpha value is -3.38. The van der Waals surface area contributed by atoms with Gasteiger partial charge in [-0.1, -0.05) is 35.9 Å². The highest BCUT2D eigenvalue weighted by molar-refractivity contribution is 7.11. The molecule has 0 aliphatic carbocycles. The molecule has 4 rings (SSSR count). The van der Waals surface area contributed by atoms with Crippen LogP contribution in [0.3, 0.4) is 0 Å². The Balaban J connectivity index is 1.66. The summed E-state index contributed by atoms with van der Waals surface area (Å²) in [6.45, 7) is 2.20. The van der Waals surface area contributed by atoms with Gasteiger partial charge in [0.25, 0.3) is 11.8 Å². The highest BCUT2D eigenvalue weighted by atomic mass is 32.1. The second-order valence-electron chi connectivity index (χ2n) is 6.76. The van der Waals surface area contributed by atoms with Gasteiger partial charge in [0.15, 0.2) is 0 Å². The molecule has 146 valence electrons. The fourth-order valence-corrected chi connectivity index (χ4v) is 3.95. The molecule has 1 N–H and O–H groups in total. The minimum Gasteiger partial charge on any atom is -0.497 e. The van der Waals surface area contributed by atoms with E-state index in [1.54, 1.807) is 7.11 Å². The first-order valence-corrected chi connectivity index (χ1v) is 10.1. The van der Waals surface area contributed by atoms with Crippen LogP contribution in [0.2, 0.25) is 0 Å². The summed E-state index contributed by atoms with van der Waals surface area (Å²) in [6.07, 6.45) is 0. The van der Waals surface area contributed by atoms with Gasteiger partial charge in [-0.2, -0.15) is 0 Å². The molecule has 2 aromatic carbocycles. The SMILES string of the molecule is COc1ccc(CN2C(=O)C(Nc3ccc(C)cc3)=C(c3cccs3)C2=O)cc1. The van der Waals surface area contributed by atoms with Crippen molar-refractivity contribution in [3.63, 3.8) is 0 Å². The molecule has 0 radical (unpaired) electrons. The van der Waals surface area contributed by atoms with E-state index in [-0.39, 0.29) is 18.4 Å². The molecule has 6 heteroatoms. The number of nitrogens with one attached hydrogen (secondary N) is 1. The molecule has 0 unspecified atom stereocenters. The van der Waals surface area contributed by atoms with Gasteiger partial charge in [-0.25, -0.2) is 0 Å². The molecule has 3 aromatic rings. The van der Waals surface area contributed by atoms with Crippen molar-refractivity contribution in [1.82, 2.24) is 4.90 Å². The van der Waals surface area contributed by atoms with Gasteiger partial charge in [0, 0.05) is 10.6 Å². The lowest BCUT2D eigenvalue weighted by Crippen LogP contribution is -2.31. The summed E-state index contributed by atoms with van der Waals surface area (Å²) in [6, 6.07) is 18.8. The van der Waals surface area contributed by atoms with Crippen molar-refractivity contribution in [2.75, 3.05) is 12.4 Å². The molecule has 0 saturated carbocycles. The Morgan fingerprint density at radius 3 is 2.31 bits per heavy atom. The standard InChI is InChI=1S/C23H20N2O3S/c1-15-5-9-17(10-6-15)24-21-20(19-4-3-13-29-19)22(26)25(23(21)27)14-16-7-11-18(28-2)12-8-16/h3-13,24H,14H2,1-2H3. The molecule has 5 nitrogen and oxygen atoms in total. The smallest absolute Gasteiger partial charge is 0.278 e. The van der Waals surface area contributed by atoms with E-state index in [4.69, 9.17) is 4.74 Å². The Morgan fingerprint density at radius 2 is 1.69 bits per heavy atom. The molecule has 2 amide bonds. The van der Waals surface area contributed by atoms with Gasteiger partial charge < -0.3 is 10.1 Å². The minimum atomic E-state index is -0.324. The predicted molar refractivity (Wildman–Crippen MR) is 115 cm³/mol. The number of anilines is 1. The zero-order valence-corrected chi connectivity index (χ0v) is 17.0. The third-order valence-corrected chi connectivity index (χ3v) is 5.64. The van der Waals surface area contributed by atoms with Crippen LogP contribution >= 0.6 is 11.3 Å². The topological polar surface area (TPSA) is 58.6 Å². The number of imide groups is 1. The summed E-state index contributed by atoms with van der Waals surface area (Å²) in [7, 11) is 1.60. The van der Waals surface area contributed by atoms with E-state index in [1.165, 1.54) is 16.2 Å². The molecular formula is C23H20N2O3S. The summed E-state index contributed by atoms with van der Waals surface area (Å²) >= 11 is 1.44. The number of ether oxygens (including phenoxy) is 1. The van der Waals surface area contributed by atoms with Gasteiger partial charge in [-0.3, -0.25) is 14.5 Å². The van der Waals surface area contributed by atoms with E-state index in [0.717, 1.165) is 27.4 Å². The van der Waals surface area contributed by atoms with Crippen molar-refractivity contribution in [3.8, 4) is 5.75 Å². The first kappa shape index (κ1) is 19.0. The first-order chi connectivity index (χ1) is 14.1. The average Bonchev–Trinajstić information content (AvgIpc) is 3.33. The molecule has 29 heavy (non-hydrogen) atoms. The average molecular weight is 404 g/mol. The zero-order chi connectivity index (χ0) is 20.4. The number of thiophene rings is 1. The Bertz CT molecular complexity index is 1070. The lowest BCUT2D eigenvalue weighted by molar-refractivity contribution is -0.137. The molecule has 2 heterocycles. The Morgan fingerprint density at radius 1 is 0.966 bits per heavy atom. The van der Waals surface area contributed by atoms with Crippen molar-refractivity contribution in [2.45, 2.75) is 13.5 Å². The third-order valence-electron chi connectivity index (χ3n) is 4.76. The maximum atomic E-state index is 13.2. The monoisotopic (exact) mass is 404 g/mol. The summed E-state index contributed by atoms with van der Waals surface area (Å²) in [5.74, 6) is 0.115. The molecule has 1 aliphatic rings. The van der Waals surface area contributed by atoms with Crippen molar-refractivity contribution < 1.29 is 14.3 Å². The number of carbonyl (C=O) groups excluding carboxylic acids is 2. The predicted octanol–water partition coefficient (Wildman–Crippen LogP) is 4.46. The highest BCUT2D eigenvalue weighted by Gasteiger charge is 2.39. The number of amides is 2. The molecular weight excluding hydrogens is 384 g/mol. The third kappa shape index (κ3) is 3.79. The van der Waals surface area contributed by atoms with Crippen LogP contribution in [0.1, 0.15) is 16.0 Å². The lowest BCUT2D eigenvalue weighted by Gasteiger charge is -2.15. The van der Waals surface area contributed by atoms with Crippen molar-refractivity contribution in [3.05, 3.63) is 87.7 Å². The fraction of sp³-hybridized carbons (Fsp3) is 0.130. The summed E-state index contributed by atoms with van der Waals surface area (Å²) < 4.78 is 5.17. The summed E-state index contributed by atoms with van der Waals surface area (Å²) in [5.41, 5.74) is 3.48. The van der Waals surface area contributed by atoms with Crippen LogP contribution in [0.15, 0.2) is 71.7 Å². The lowest BCUT2D eigenvalue weighted by atomic mass is 10.1. The van der Waals surface area contributed by atoms with Crippen LogP contribution in [-0.2, 0) is 16.1 Å². The number of hydrogen-bond donors (Lipinski definition) is 1. The maximum absolute atomic E-state index is 13.2. The van der Waals surface area contributed by atoms with Gasteiger partial charge in [0.05, 0.1) is 19.2 Å². The largest absolute Gasteiger partial charge is 0.497 e. The number of hydrogen-bond acceptors (Lipinski definition) is 5. The fourth-order valence-electron chi connectivity index (χ4n) is 3.18. The number of aryl methyl sites for hydroxylation is 1. The van der Waals surface area contributed by atoms with E-state index in [9.17, 15) is 9.59 Å². The molecule has 0 saturated heterocycles. The van der Waals surface area contributed by atoms with Gasteiger partial charge in [0.1, 0.15) is 11.4 Å². The second-order valence-corrected chi connectivity index (χ2v) is 7.71. The molecule has 0 fully saturated rings. The normalized spacial score (nSPS) is 13.9. The quantitative estimate of drug-likeness (QED) is 0.617. The van der Waals surface area contributed by atoms with E-state index in [2.05, 4.69) is 5.32 Å². The number of carbonyl (C=O) groups is 2. The van der Waals surface area contributed by atoms with Crippen LogP contribution < -0.4 is 10.1 Å². The van der Waals surface area contributed by atoms with Crippen molar-refractivity contribution >= 4 is 34.4 Å². The number of benzene rings is 2. The Kier molecular flexibility index (Phi) is 5.18. The van der Waals surface area contributed by atoms with Crippen LogP contribution in [0, 0.1) is 6.92 Å². The van der Waals surface area contributed by atoms with Crippen LogP contribution in [0.25, 0.3) is 5.57 Å². The summed E-state index contributed by atoms with van der Waals surface area (Å²) in [4.78, 5) is 28.4. The molecule has 0 atom stereocenters. The molecule has 1 aliphatic heterocycles. The highest BCUT2D eigenvalue weighted by Crippen LogP contribution is 2.33. The zero-order valence-electron chi connectivity index (χ0n) is 16.1. The van der Waals surface area contributed by atoms with E-state index in [1.807, 2.05) is 73.0 Å². The molecule has 0 spiro atoms. The van der Waals surface area contributed by atoms with Gasteiger partial charge >= 0.3 is 0 Å². The number of nitrogens with zero attached hydrogens (tertiary/aromatic N) is 1. The van der Waals surface area contributed by atoms with Gasteiger partial charge in [-0.05, 0) is 48.2 Å². The maximum Gasteiger partial charge on any atom is 0.278 e. The van der Waals surface area contributed by atoms with E-state index >= 15 is 0 Å². The van der Waals surface area contributed by atoms with Crippen molar-refractivity contribution in [2.24, 2.45) is 0 Å². The number of methoxy groups -OCH3 is 1. The van der Waals surface area contributed by atoms with E-state index in [0.29, 0.717) is 11.3 Å². The molecule has 1 aromatic heterocycles.